The summed E-state index contributed by atoms with van der Waals surface area (Å²) in [6.45, 7) is 1.75. The molecule has 9 heteroatoms. The SMILES string of the molecule is Cc1cc(CN(C)S(=O)(=O)c2cc(C(=O)O)n(C)c2)no1. The van der Waals surface area contributed by atoms with Crippen LogP contribution in [0.2, 0.25) is 0 Å². The van der Waals surface area contributed by atoms with Gasteiger partial charge in [0.1, 0.15) is 16.3 Å². The molecule has 0 aliphatic carbocycles. The van der Waals surface area contributed by atoms with E-state index in [2.05, 4.69) is 5.16 Å². The summed E-state index contributed by atoms with van der Waals surface area (Å²) in [4.78, 5) is 10.9. The van der Waals surface area contributed by atoms with Crippen molar-refractivity contribution in [2.45, 2.75) is 18.4 Å². The quantitative estimate of drug-likeness (QED) is 0.877. The lowest BCUT2D eigenvalue weighted by molar-refractivity contribution is 0.0686. The van der Waals surface area contributed by atoms with Crippen LogP contribution in [0, 0.1) is 6.92 Å². The van der Waals surface area contributed by atoms with Crippen molar-refractivity contribution >= 4 is 16.0 Å². The molecular formula is C12H15N3O5S. The fraction of sp³-hybridized carbons (Fsp3) is 0.333. The molecule has 2 aromatic rings. The molecule has 2 heterocycles. The molecule has 8 nitrogen and oxygen atoms in total. The Labute approximate surface area is 121 Å². The maximum absolute atomic E-state index is 12.4. The van der Waals surface area contributed by atoms with E-state index < -0.39 is 16.0 Å². The summed E-state index contributed by atoms with van der Waals surface area (Å²) >= 11 is 0. The van der Waals surface area contributed by atoms with E-state index in [0.29, 0.717) is 11.5 Å². The van der Waals surface area contributed by atoms with Crippen LogP contribution in [-0.2, 0) is 23.6 Å². The highest BCUT2D eigenvalue weighted by molar-refractivity contribution is 7.89. The third-order valence-electron chi connectivity index (χ3n) is 2.97. The van der Waals surface area contributed by atoms with Crippen molar-refractivity contribution in [2.75, 3.05) is 7.05 Å². The first kappa shape index (κ1) is 15.3. The van der Waals surface area contributed by atoms with Crippen LogP contribution >= 0.6 is 0 Å². The lowest BCUT2D eigenvalue weighted by atomic mass is 10.4. The first-order valence-corrected chi connectivity index (χ1v) is 7.44. The van der Waals surface area contributed by atoms with Crippen LogP contribution < -0.4 is 0 Å². The Morgan fingerprint density at radius 2 is 2.14 bits per heavy atom. The topological polar surface area (TPSA) is 106 Å². The van der Waals surface area contributed by atoms with Crippen molar-refractivity contribution in [3.05, 3.63) is 35.5 Å². The molecule has 0 radical (unpaired) electrons. The van der Waals surface area contributed by atoms with E-state index in [1.165, 1.54) is 24.9 Å². The van der Waals surface area contributed by atoms with Gasteiger partial charge in [0.25, 0.3) is 0 Å². The van der Waals surface area contributed by atoms with Gasteiger partial charge in [-0.1, -0.05) is 5.16 Å². The summed E-state index contributed by atoms with van der Waals surface area (Å²) in [5, 5.41) is 12.7. The van der Waals surface area contributed by atoms with Crippen LogP contribution in [0.15, 0.2) is 27.7 Å². The van der Waals surface area contributed by atoms with Crippen molar-refractivity contribution in [2.24, 2.45) is 7.05 Å². The lowest BCUT2D eigenvalue weighted by Gasteiger charge is -2.14. The third-order valence-corrected chi connectivity index (χ3v) is 4.74. The van der Waals surface area contributed by atoms with Crippen molar-refractivity contribution in [3.63, 3.8) is 0 Å². The molecule has 0 amide bonds. The maximum atomic E-state index is 12.4. The molecule has 0 aliphatic rings. The first-order valence-electron chi connectivity index (χ1n) is 6.00. The molecule has 2 aromatic heterocycles. The minimum absolute atomic E-state index is 0.0387. The van der Waals surface area contributed by atoms with E-state index in [-0.39, 0.29) is 17.1 Å². The molecule has 0 atom stereocenters. The van der Waals surface area contributed by atoms with E-state index in [1.54, 1.807) is 13.0 Å². The Morgan fingerprint density at radius 3 is 2.62 bits per heavy atom. The molecule has 114 valence electrons. The van der Waals surface area contributed by atoms with Crippen molar-refractivity contribution in [1.29, 1.82) is 0 Å². The molecule has 0 bridgehead atoms. The lowest BCUT2D eigenvalue weighted by Crippen LogP contribution is -2.26. The highest BCUT2D eigenvalue weighted by Crippen LogP contribution is 2.19. The third kappa shape index (κ3) is 2.98. The van der Waals surface area contributed by atoms with Crippen LogP contribution in [0.1, 0.15) is 21.9 Å². The molecule has 0 saturated heterocycles. The van der Waals surface area contributed by atoms with Gasteiger partial charge in [-0.2, -0.15) is 4.31 Å². The zero-order valence-corrected chi connectivity index (χ0v) is 12.6. The average molecular weight is 313 g/mol. The number of aromatic nitrogens is 2. The predicted octanol–water partition coefficient (Wildman–Crippen LogP) is 0.840. The van der Waals surface area contributed by atoms with Gasteiger partial charge in [0, 0.05) is 26.4 Å². The Kier molecular flexibility index (Phi) is 3.88. The smallest absolute Gasteiger partial charge is 0.352 e. The molecule has 0 aromatic carbocycles. The Bertz CT molecular complexity index is 775. The molecule has 21 heavy (non-hydrogen) atoms. The van der Waals surface area contributed by atoms with Crippen LogP contribution in [0.4, 0.5) is 0 Å². The van der Waals surface area contributed by atoms with Gasteiger partial charge in [0.05, 0.1) is 12.2 Å². The summed E-state index contributed by atoms with van der Waals surface area (Å²) in [5.74, 6) is -0.600. The van der Waals surface area contributed by atoms with Gasteiger partial charge in [-0.15, -0.1) is 0 Å². The molecule has 2 rings (SSSR count). The Hall–Kier alpha value is -2.13. The van der Waals surface area contributed by atoms with Crippen molar-refractivity contribution < 1.29 is 22.8 Å². The summed E-state index contributed by atoms with van der Waals surface area (Å²) in [6.07, 6.45) is 1.27. The van der Waals surface area contributed by atoms with Gasteiger partial charge in [-0.05, 0) is 13.0 Å². The van der Waals surface area contributed by atoms with Gasteiger partial charge in [0.2, 0.25) is 10.0 Å². The molecule has 0 saturated carbocycles. The van der Waals surface area contributed by atoms with Gasteiger partial charge >= 0.3 is 5.97 Å². The number of hydrogen-bond donors (Lipinski definition) is 1. The number of hydrogen-bond acceptors (Lipinski definition) is 5. The number of carboxylic acid groups (broad SMARTS) is 1. The molecule has 0 unspecified atom stereocenters. The fourth-order valence-corrected chi connectivity index (χ4v) is 3.09. The second-order valence-corrected chi connectivity index (χ2v) is 6.71. The minimum atomic E-state index is -3.80. The number of aryl methyl sites for hydroxylation is 2. The predicted molar refractivity (Wildman–Crippen MR) is 72.3 cm³/mol. The van der Waals surface area contributed by atoms with E-state index in [0.717, 1.165) is 10.4 Å². The number of nitrogens with zero attached hydrogens (tertiary/aromatic N) is 3. The first-order chi connectivity index (χ1) is 9.71. The number of carboxylic acids is 1. The van der Waals surface area contributed by atoms with E-state index >= 15 is 0 Å². The van der Waals surface area contributed by atoms with Crippen molar-refractivity contribution in [1.82, 2.24) is 14.0 Å². The number of carbonyl (C=O) groups is 1. The second-order valence-electron chi connectivity index (χ2n) is 4.67. The molecule has 0 fully saturated rings. The van der Waals surface area contributed by atoms with E-state index in [1.807, 2.05) is 0 Å². The van der Waals surface area contributed by atoms with Crippen molar-refractivity contribution in [3.8, 4) is 0 Å². The zero-order chi connectivity index (χ0) is 15.8. The largest absolute Gasteiger partial charge is 0.477 e. The van der Waals surface area contributed by atoms with Crippen LogP contribution in [-0.4, -0.2) is 40.6 Å². The summed E-state index contributed by atoms with van der Waals surface area (Å²) in [7, 11) is -0.924. The highest BCUT2D eigenvalue weighted by Gasteiger charge is 2.25. The van der Waals surface area contributed by atoms with E-state index in [9.17, 15) is 13.2 Å². The van der Waals surface area contributed by atoms with Crippen LogP contribution in [0.5, 0.6) is 0 Å². The molecule has 0 aliphatic heterocycles. The molecule has 1 N–H and O–H groups in total. The minimum Gasteiger partial charge on any atom is -0.477 e. The normalized spacial score (nSPS) is 12.0. The monoisotopic (exact) mass is 313 g/mol. The number of rotatable bonds is 5. The molecule has 0 spiro atoms. The van der Waals surface area contributed by atoms with Gasteiger partial charge in [0.15, 0.2) is 0 Å². The zero-order valence-electron chi connectivity index (χ0n) is 11.8. The molecular weight excluding hydrogens is 298 g/mol. The van der Waals surface area contributed by atoms with Crippen LogP contribution in [0.3, 0.4) is 0 Å². The maximum Gasteiger partial charge on any atom is 0.352 e. The summed E-state index contributed by atoms with van der Waals surface area (Å²) in [5.41, 5.74) is 0.382. The standard InChI is InChI=1S/C12H15N3O5S/c1-8-4-9(13-20-8)6-15(3)21(18,19)10-5-11(12(16)17)14(2)7-10/h4-5,7H,6H2,1-3H3,(H,16,17). The van der Waals surface area contributed by atoms with Gasteiger partial charge < -0.3 is 14.2 Å². The van der Waals surface area contributed by atoms with Gasteiger partial charge in [-0.25, -0.2) is 13.2 Å². The Balaban J connectivity index is 2.28. The van der Waals surface area contributed by atoms with E-state index in [4.69, 9.17) is 9.63 Å². The highest BCUT2D eigenvalue weighted by atomic mass is 32.2. The van der Waals surface area contributed by atoms with Crippen LogP contribution in [0.25, 0.3) is 0 Å². The number of sulfonamides is 1. The summed E-state index contributed by atoms with van der Waals surface area (Å²) < 4.78 is 32.0. The fourth-order valence-electron chi connectivity index (χ4n) is 1.87. The summed E-state index contributed by atoms with van der Waals surface area (Å²) in [6, 6.07) is 2.77. The second kappa shape index (κ2) is 5.34. The average Bonchev–Trinajstić information content (AvgIpc) is 2.95. The Morgan fingerprint density at radius 1 is 1.48 bits per heavy atom. The number of aromatic carboxylic acids is 1. The van der Waals surface area contributed by atoms with Gasteiger partial charge in [-0.3, -0.25) is 0 Å².